The molecule has 2 aromatic rings. The Balaban J connectivity index is 0.00000800. The number of rotatable bonds is 20. The summed E-state index contributed by atoms with van der Waals surface area (Å²) < 4.78 is 0. The number of aliphatic imine (C=N–C) groups is 2. The standard InChI is InChI=1S/C37H58N2.Ni/c1-7-13-15-17-23-37(39-35-28-32(20-11-5)25-33(29-35)21-12-6)36(22-16-14-8-2)38-34-26-30(18-9-3)24-31(27-34)19-10-4;/h24-29H,7-23H2,1-6H3;/b38-36+,39-37+;. The first-order valence-electron chi connectivity index (χ1n) is 16.5. The topological polar surface area (TPSA) is 24.7 Å². The monoisotopic (exact) mass is 588 g/mol. The predicted molar refractivity (Wildman–Crippen MR) is 176 cm³/mol. The van der Waals surface area contributed by atoms with Crippen LogP contribution < -0.4 is 0 Å². The van der Waals surface area contributed by atoms with E-state index >= 15 is 0 Å². The third kappa shape index (κ3) is 13.8. The van der Waals surface area contributed by atoms with E-state index in [4.69, 9.17) is 9.98 Å². The maximum Gasteiger partial charge on any atom is 0.0639 e. The van der Waals surface area contributed by atoms with Crippen molar-refractivity contribution in [2.24, 2.45) is 9.98 Å². The Bertz CT molecular complexity index is 972. The second-order valence-corrected chi connectivity index (χ2v) is 11.4. The summed E-state index contributed by atoms with van der Waals surface area (Å²) in [6, 6.07) is 14.1. The summed E-state index contributed by atoms with van der Waals surface area (Å²) in [5.41, 5.74) is 10.4. The van der Waals surface area contributed by atoms with Crippen molar-refractivity contribution in [1.29, 1.82) is 0 Å². The molecule has 0 aliphatic heterocycles. The number of hydrogen-bond acceptors (Lipinski definition) is 2. The van der Waals surface area contributed by atoms with Gasteiger partial charge in [0.05, 0.1) is 22.8 Å². The van der Waals surface area contributed by atoms with E-state index in [1.807, 2.05) is 0 Å². The van der Waals surface area contributed by atoms with Crippen molar-refractivity contribution in [2.45, 2.75) is 151 Å². The summed E-state index contributed by atoms with van der Waals surface area (Å²) in [6.45, 7) is 13.7. The van der Waals surface area contributed by atoms with Gasteiger partial charge in [0.1, 0.15) is 0 Å². The van der Waals surface area contributed by atoms with Crippen molar-refractivity contribution in [3.8, 4) is 0 Å². The molecule has 0 N–H and O–H groups in total. The molecule has 2 aromatic carbocycles. The van der Waals surface area contributed by atoms with Gasteiger partial charge >= 0.3 is 0 Å². The fourth-order valence-corrected chi connectivity index (χ4v) is 5.45. The van der Waals surface area contributed by atoms with Crippen molar-refractivity contribution < 1.29 is 16.5 Å². The van der Waals surface area contributed by atoms with Gasteiger partial charge in [0.25, 0.3) is 0 Å². The van der Waals surface area contributed by atoms with E-state index in [0.717, 1.165) is 49.9 Å². The molecule has 40 heavy (non-hydrogen) atoms. The molecule has 0 aliphatic rings. The number of benzene rings is 2. The number of aryl methyl sites for hydroxylation is 4. The Kier molecular flexibility index (Phi) is 19.9. The fraction of sp³-hybridized carbons (Fsp3) is 0.622. The van der Waals surface area contributed by atoms with Crippen LogP contribution in [0.15, 0.2) is 46.4 Å². The van der Waals surface area contributed by atoms with Crippen LogP contribution in [0, 0.1) is 0 Å². The van der Waals surface area contributed by atoms with E-state index in [2.05, 4.69) is 77.9 Å². The molecule has 0 bridgehead atoms. The van der Waals surface area contributed by atoms with Gasteiger partial charge in [0.15, 0.2) is 0 Å². The van der Waals surface area contributed by atoms with Crippen LogP contribution in [0.5, 0.6) is 0 Å². The second kappa shape index (κ2) is 21.9. The molecule has 0 heterocycles. The quantitative estimate of drug-likeness (QED) is 0.0834. The van der Waals surface area contributed by atoms with Gasteiger partial charge in [0.2, 0.25) is 0 Å². The van der Waals surface area contributed by atoms with E-state index in [1.165, 1.54) is 104 Å². The van der Waals surface area contributed by atoms with Crippen molar-refractivity contribution in [1.82, 2.24) is 0 Å². The maximum absolute atomic E-state index is 5.42. The minimum absolute atomic E-state index is 0. The summed E-state index contributed by atoms with van der Waals surface area (Å²) in [5.74, 6) is 0. The molecule has 0 aliphatic carbocycles. The molecular weight excluding hydrogens is 531 g/mol. The first-order valence-corrected chi connectivity index (χ1v) is 16.5. The molecule has 2 nitrogen and oxygen atoms in total. The molecule has 226 valence electrons. The van der Waals surface area contributed by atoms with E-state index in [9.17, 15) is 0 Å². The molecular formula is C37H58N2Ni. The smallest absolute Gasteiger partial charge is 0.0639 e. The average Bonchev–Trinajstić information content (AvgIpc) is 2.91. The van der Waals surface area contributed by atoms with E-state index < -0.39 is 0 Å². The zero-order valence-corrected chi connectivity index (χ0v) is 27.7. The van der Waals surface area contributed by atoms with Crippen LogP contribution in [0.2, 0.25) is 0 Å². The van der Waals surface area contributed by atoms with E-state index in [-0.39, 0.29) is 16.5 Å². The molecule has 0 unspecified atom stereocenters. The van der Waals surface area contributed by atoms with Gasteiger partial charge in [-0.25, -0.2) is 0 Å². The summed E-state index contributed by atoms with van der Waals surface area (Å²) >= 11 is 0. The first kappa shape index (κ1) is 36.3. The first-order chi connectivity index (χ1) is 19.1. The molecule has 0 fully saturated rings. The Labute approximate surface area is 257 Å². The molecule has 2 rings (SSSR count). The second-order valence-electron chi connectivity index (χ2n) is 11.4. The average molecular weight is 590 g/mol. The normalized spacial score (nSPS) is 12.1. The molecule has 0 amide bonds. The summed E-state index contributed by atoms with van der Waals surface area (Å²) in [5, 5.41) is 0. The van der Waals surface area contributed by atoms with Crippen LogP contribution in [0.25, 0.3) is 0 Å². The number of hydrogen-bond donors (Lipinski definition) is 0. The minimum atomic E-state index is 0. The molecule has 0 aromatic heterocycles. The number of unbranched alkanes of at least 4 members (excludes halogenated alkanes) is 5. The van der Waals surface area contributed by atoms with Gasteiger partial charge in [-0.2, -0.15) is 0 Å². The van der Waals surface area contributed by atoms with Crippen molar-refractivity contribution >= 4 is 22.8 Å². The van der Waals surface area contributed by atoms with Crippen LogP contribution in [-0.2, 0) is 42.2 Å². The molecule has 0 spiro atoms. The summed E-state index contributed by atoms with van der Waals surface area (Å²) in [6.07, 6.45) is 19.8. The Morgan fingerprint density at radius 3 is 1.07 bits per heavy atom. The molecule has 0 saturated heterocycles. The molecule has 3 heteroatoms. The Hall–Kier alpha value is -1.73. The van der Waals surface area contributed by atoms with Gasteiger partial charge in [-0.15, -0.1) is 0 Å². The van der Waals surface area contributed by atoms with Crippen molar-refractivity contribution in [3.63, 3.8) is 0 Å². The van der Waals surface area contributed by atoms with Crippen LogP contribution in [0.4, 0.5) is 11.4 Å². The van der Waals surface area contributed by atoms with Gasteiger partial charge in [-0.05, 0) is 97.9 Å². The zero-order valence-electron chi connectivity index (χ0n) is 26.7. The minimum Gasteiger partial charge on any atom is -0.252 e. The van der Waals surface area contributed by atoms with Crippen molar-refractivity contribution in [3.05, 3.63) is 58.7 Å². The van der Waals surface area contributed by atoms with Gasteiger partial charge in [0, 0.05) is 16.5 Å². The SMILES string of the molecule is CCCCCCC(=N\c1cc(CCC)cc(CCC)c1)/C(CCCCC)=N/c1cc(CCC)cc(CCC)c1.[Ni]. The fourth-order valence-electron chi connectivity index (χ4n) is 5.45. The van der Waals surface area contributed by atoms with Gasteiger partial charge in [-0.3, -0.25) is 9.98 Å². The van der Waals surface area contributed by atoms with E-state index in [1.54, 1.807) is 0 Å². The van der Waals surface area contributed by atoms with Crippen LogP contribution in [0.3, 0.4) is 0 Å². The van der Waals surface area contributed by atoms with Crippen LogP contribution in [-0.4, -0.2) is 11.4 Å². The van der Waals surface area contributed by atoms with Gasteiger partial charge in [-0.1, -0.05) is 111 Å². The third-order valence-electron chi connectivity index (χ3n) is 7.37. The maximum atomic E-state index is 5.42. The molecule has 0 saturated carbocycles. The Morgan fingerprint density at radius 1 is 0.425 bits per heavy atom. The largest absolute Gasteiger partial charge is 0.252 e. The molecule has 0 atom stereocenters. The predicted octanol–water partition coefficient (Wildman–Crippen LogP) is 11.9. The summed E-state index contributed by atoms with van der Waals surface area (Å²) in [4.78, 5) is 10.8. The molecule has 0 radical (unpaired) electrons. The van der Waals surface area contributed by atoms with Crippen molar-refractivity contribution in [2.75, 3.05) is 0 Å². The van der Waals surface area contributed by atoms with Crippen LogP contribution >= 0.6 is 0 Å². The van der Waals surface area contributed by atoms with Gasteiger partial charge < -0.3 is 0 Å². The number of nitrogens with zero attached hydrogens (tertiary/aromatic N) is 2. The third-order valence-corrected chi connectivity index (χ3v) is 7.37. The Morgan fingerprint density at radius 2 is 0.750 bits per heavy atom. The summed E-state index contributed by atoms with van der Waals surface area (Å²) in [7, 11) is 0. The van der Waals surface area contributed by atoms with Crippen LogP contribution in [0.1, 0.15) is 147 Å². The van der Waals surface area contributed by atoms with E-state index in [0.29, 0.717) is 0 Å². The zero-order chi connectivity index (χ0) is 28.3.